The van der Waals surface area contributed by atoms with Gasteiger partial charge in [0.05, 0.1) is 17.6 Å². The minimum Gasteiger partial charge on any atom is -0.482 e. The minimum atomic E-state index is -0.497. The molecule has 2 N–H and O–H groups in total. The number of fused-ring (bicyclic) bond motifs is 7. The van der Waals surface area contributed by atoms with Crippen LogP contribution in [0.25, 0.3) is 22.6 Å². The van der Waals surface area contributed by atoms with E-state index in [1.54, 1.807) is 12.3 Å². The normalized spacial score (nSPS) is 17.2. The maximum absolute atomic E-state index is 14.3. The summed E-state index contributed by atoms with van der Waals surface area (Å²) in [5.41, 5.74) is 11.2. The van der Waals surface area contributed by atoms with E-state index in [4.69, 9.17) is 20.0 Å². The van der Waals surface area contributed by atoms with Crippen LogP contribution in [0, 0.1) is 18.7 Å². The highest BCUT2D eigenvalue weighted by atomic mass is 19.1. The minimum absolute atomic E-state index is 0.284. The number of ether oxygens (including phenoxy) is 1. The number of hydrogen-bond donors (Lipinski definition) is 1. The Hall–Kier alpha value is -3.68. The lowest BCUT2D eigenvalue weighted by atomic mass is 9.97. The zero-order chi connectivity index (χ0) is 22.7. The molecule has 1 atom stereocenters. The Morgan fingerprint density at radius 1 is 1.21 bits per heavy atom. The summed E-state index contributed by atoms with van der Waals surface area (Å²) in [6.07, 6.45) is 6.12. The van der Waals surface area contributed by atoms with Crippen molar-refractivity contribution < 1.29 is 13.5 Å². The molecule has 0 saturated heterocycles. The van der Waals surface area contributed by atoms with Crippen LogP contribution in [0.3, 0.4) is 0 Å². The third kappa shape index (κ3) is 3.55. The fraction of sp³-hybridized carbons (Fsp3) is 0.320. The maximum Gasteiger partial charge on any atom is 0.192 e. The Labute approximate surface area is 190 Å². The van der Waals surface area contributed by atoms with Crippen molar-refractivity contribution in [1.82, 2.24) is 19.7 Å². The monoisotopic (exact) mass is 445 g/mol. The molecule has 168 valence electrons. The van der Waals surface area contributed by atoms with Crippen molar-refractivity contribution in [1.29, 1.82) is 0 Å². The predicted molar refractivity (Wildman–Crippen MR) is 121 cm³/mol. The number of pyridine rings is 1. The van der Waals surface area contributed by atoms with Crippen molar-refractivity contribution >= 4 is 5.82 Å². The molecular weight excluding hydrogens is 421 g/mol. The molecule has 8 heteroatoms. The molecule has 1 aromatic carbocycles. The number of aryl methyl sites for hydroxylation is 1. The average molecular weight is 445 g/mol. The topological polar surface area (TPSA) is 92.0 Å². The molecule has 0 amide bonds. The Kier molecular flexibility index (Phi) is 4.50. The lowest BCUT2D eigenvalue weighted by Gasteiger charge is -2.20. The first-order valence-corrected chi connectivity index (χ1v) is 11.2. The zero-order valence-electron chi connectivity index (χ0n) is 18.5. The second kappa shape index (κ2) is 7.43. The van der Waals surface area contributed by atoms with Crippen molar-refractivity contribution in [2.75, 3.05) is 5.73 Å². The highest BCUT2D eigenvalue weighted by Crippen LogP contribution is 2.40. The highest BCUT2D eigenvalue weighted by Gasteiger charge is 2.28. The van der Waals surface area contributed by atoms with Gasteiger partial charge in [-0.2, -0.15) is 5.10 Å². The quantitative estimate of drug-likeness (QED) is 0.462. The van der Waals surface area contributed by atoms with Gasteiger partial charge in [-0.25, -0.2) is 14.4 Å². The number of hydrogen-bond acceptors (Lipinski definition) is 6. The zero-order valence-corrected chi connectivity index (χ0v) is 18.5. The van der Waals surface area contributed by atoms with Crippen LogP contribution < -0.4 is 10.5 Å². The number of nitrogens with zero attached hydrogens (tertiary/aromatic N) is 4. The molecule has 7 nitrogen and oxygen atoms in total. The van der Waals surface area contributed by atoms with Gasteiger partial charge in [0, 0.05) is 48.3 Å². The molecule has 0 spiro atoms. The van der Waals surface area contributed by atoms with Crippen LogP contribution in [0.1, 0.15) is 48.6 Å². The van der Waals surface area contributed by atoms with Crippen LogP contribution in [-0.2, 0) is 13.0 Å². The maximum atomic E-state index is 14.3. The molecule has 4 aromatic rings. The summed E-state index contributed by atoms with van der Waals surface area (Å²) in [6.45, 7) is 4.54. The van der Waals surface area contributed by atoms with Gasteiger partial charge >= 0.3 is 0 Å². The number of halogens is 1. The summed E-state index contributed by atoms with van der Waals surface area (Å²) in [4.78, 5) is 9.08. The van der Waals surface area contributed by atoms with Crippen LogP contribution >= 0.6 is 0 Å². The average Bonchev–Trinajstić information content (AvgIpc) is 3.41. The first-order valence-electron chi connectivity index (χ1n) is 11.2. The van der Waals surface area contributed by atoms with E-state index in [0.717, 1.165) is 34.6 Å². The molecule has 1 fully saturated rings. The van der Waals surface area contributed by atoms with E-state index in [-0.39, 0.29) is 11.6 Å². The van der Waals surface area contributed by atoms with Gasteiger partial charge in [0.25, 0.3) is 0 Å². The Balaban J connectivity index is 1.60. The fourth-order valence-corrected chi connectivity index (χ4v) is 4.56. The van der Waals surface area contributed by atoms with Crippen molar-refractivity contribution in [3.05, 3.63) is 65.2 Å². The highest BCUT2D eigenvalue weighted by molar-refractivity contribution is 5.70. The molecule has 1 saturated carbocycles. The van der Waals surface area contributed by atoms with Gasteiger partial charge in [0.1, 0.15) is 11.9 Å². The number of oxazole rings is 1. The first-order chi connectivity index (χ1) is 16.0. The number of anilines is 1. The van der Waals surface area contributed by atoms with E-state index in [2.05, 4.69) is 14.6 Å². The Morgan fingerprint density at radius 2 is 2.06 bits per heavy atom. The number of benzene rings is 1. The second-order valence-corrected chi connectivity index (χ2v) is 8.93. The van der Waals surface area contributed by atoms with Gasteiger partial charge in [0.15, 0.2) is 23.2 Å². The molecule has 1 aliphatic carbocycles. The van der Waals surface area contributed by atoms with Gasteiger partial charge < -0.3 is 14.9 Å². The number of aromatic nitrogens is 4. The van der Waals surface area contributed by atoms with Crippen LogP contribution in [0.15, 0.2) is 41.1 Å². The number of rotatable bonds is 2. The lowest BCUT2D eigenvalue weighted by molar-refractivity contribution is 0.227. The third-order valence-corrected chi connectivity index (χ3v) is 6.36. The van der Waals surface area contributed by atoms with Crippen LogP contribution in [0.5, 0.6) is 5.75 Å². The SMILES string of the molecule is Cc1nc2c(o1)-c1ccc(F)cc1[C@@H](C)Oc1cc(cnc1N)-c1c(cnn1CC1CC1)C2. The largest absolute Gasteiger partial charge is 0.482 e. The standard InChI is InChI=1S/C25H24FN5O2/c1-13-20-9-18(26)5-6-19(20)24-21(30-14(2)33-24)7-16-11-29-31(12-15-3-4-15)23(16)17-8-22(32-13)25(27)28-10-17/h5-6,8-11,13,15H,3-4,7,12H2,1-2H3,(H2,27,28)/t13-/m1/s1. The van der Waals surface area contributed by atoms with Crippen LogP contribution in [-0.4, -0.2) is 19.7 Å². The molecule has 2 bridgehead atoms. The number of nitrogen functional groups attached to an aromatic ring is 1. The van der Waals surface area contributed by atoms with Crippen LogP contribution in [0.4, 0.5) is 10.2 Å². The summed E-state index contributed by atoms with van der Waals surface area (Å²) in [6, 6.07) is 6.52. The van der Waals surface area contributed by atoms with Crippen molar-refractivity contribution in [3.8, 4) is 28.3 Å². The summed E-state index contributed by atoms with van der Waals surface area (Å²) in [7, 11) is 0. The molecule has 4 heterocycles. The Bertz CT molecular complexity index is 1370. The summed E-state index contributed by atoms with van der Waals surface area (Å²) >= 11 is 0. The summed E-state index contributed by atoms with van der Waals surface area (Å²) < 4.78 is 28.6. The van der Waals surface area contributed by atoms with Crippen molar-refractivity contribution in [3.63, 3.8) is 0 Å². The molecule has 0 radical (unpaired) electrons. The predicted octanol–water partition coefficient (Wildman–Crippen LogP) is 5.08. The van der Waals surface area contributed by atoms with Gasteiger partial charge in [-0.3, -0.25) is 4.68 Å². The molecule has 3 aromatic heterocycles. The van der Waals surface area contributed by atoms with E-state index in [0.29, 0.717) is 35.3 Å². The first kappa shape index (κ1) is 20.0. The van der Waals surface area contributed by atoms with E-state index in [1.165, 1.54) is 25.0 Å². The van der Waals surface area contributed by atoms with E-state index < -0.39 is 6.10 Å². The van der Waals surface area contributed by atoms with Gasteiger partial charge in [-0.1, -0.05) is 0 Å². The summed E-state index contributed by atoms with van der Waals surface area (Å²) in [5.74, 6) is 2.21. The molecule has 0 unspecified atom stereocenters. The van der Waals surface area contributed by atoms with Gasteiger partial charge in [-0.15, -0.1) is 0 Å². The fourth-order valence-electron chi connectivity index (χ4n) is 4.56. The Morgan fingerprint density at radius 3 is 2.88 bits per heavy atom. The molecule has 1 aliphatic heterocycles. The molecular formula is C25H24FN5O2. The van der Waals surface area contributed by atoms with Crippen molar-refractivity contribution in [2.45, 2.75) is 45.8 Å². The molecule has 2 aliphatic rings. The number of nitrogens with two attached hydrogens (primary N) is 1. The van der Waals surface area contributed by atoms with Gasteiger partial charge in [-0.05, 0) is 49.9 Å². The second-order valence-electron chi connectivity index (χ2n) is 8.93. The van der Waals surface area contributed by atoms with E-state index in [9.17, 15) is 4.39 Å². The molecule has 33 heavy (non-hydrogen) atoms. The third-order valence-electron chi connectivity index (χ3n) is 6.36. The molecule has 6 rings (SSSR count). The smallest absolute Gasteiger partial charge is 0.192 e. The van der Waals surface area contributed by atoms with E-state index >= 15 is 0 Å². The summed E-state index contributed by atoms with van der Waals surface area (Å²) in [5, 5.41) is 4.70. The van der Waals surface area contributed by atoms with Gasteiger partial charge in [0.2, 0.25) is 0 Å². The van der Waals surface area contributed by atoms with Crippen molar-refractivity contribution in [2.24, 2.45) is 5.92 Å². The van der Waals surface area contributed by atoms with Crippen LogP contribution in [0.2, 0.25) is 0 Å². The lowest BCUT2D eigenvalue weighted by Crippen LogP contribution is -2.10. The van der Waals surface area contributed by atoms with E-state index in [1.807, 2.05) is 26.1 Å².